The first-order valence-corrected chi connectivity index (χ1v) is 4.14. The van der Waals surface area contributed by atoms with Crippen molar-refractivity contribution >= 4 is 17.9 Å². The Morgan fingerprint density at radius 1 is 1.36 bits per heavy atom. The third-order valence-electron chi connectivity index (χ3n) is 1.92. The lowest BCUT2D eigenvalue weighted by Gasteiger charge is -2.14. The maximum absolute atomic E-state index is 11.2. The highest BCUT2D eigenvalue weighted by Gasteiger charge is 2.05. The third kappa shape index (κ3) is 2.07. The quantitative estimate of drug-likeness (QED) is 0.535. The molecule has 0 radical (unpaired) electrons. The van der Waals surface area contributed by atoms with Crippen molar-refractivity contribution in [2.24, 2.45) is 0 Å². The second kappa shape index (κ2) is 4.37. The van der Waals surface area contributed by atoms with Gasteiger partial charge in [0, 0.05) is 18.3 Å². The van der Waals surface area contributed by atoms with E-state index in [2.05, 4.69) is 6.58 Å². The second-order valence-corrected chi connectivity index (χ2v) is 2.81. The van der Waals surface area contributed by atoms with E-state index in [1.165, 1.54) is 11.0 Å². The first kappa shape index (κ1) is 10.2. The lowest BCUT2D eigenvalue weighted by molar-refractivity contribution is -0.113. The molecule has 0 atom stereocenters. The van der Waals surface area contributed by atoms with Gasteiger partial charge in [-0.1, -0.05) is 6.58 Å². The van der Waals surface area contributed by atoms with E-state index in [1.54, 1.807) is 31.3 Å². The van der Waals surface area contributed by atoms with E-state index in [0.29, 0.717) is 5.56 Å². The molecule has 0 N–H and O–H groups in total. The van der Waals surface area contributed by atoms with Crippen LogP contribution >= 0.6 is 0 Å². The van der Waals surface area contributed by atoms with Gasteiger partial charge in [-0.2, -0.15) is 0 Å². The van der Waals surface area contributed by atoms with Crippen molar-refractivity contribution in [1.29, 1.82) is 0 Å². The van der Waals surface area contributed by atoms with Gasteiger partial charge in [0.2, 0.25) is 5.91 Å². The van der Waals surface area contributed by atoms with Crippen LogP contribution in [-0.4, -0.2) is 19.2 Å². The van der Waals surface area contributed by atoms with E-state index in [4.69, 9.17) is 0 Å². The van der Waals surface area contributed by atoms with Crippen molar-refractivity contribution in [3.05, 3.63) is 42.5 Å². The summed E-state index contributed by atoms with van der Waals surface area (Å²) in [6, 6.07) is 6.75. The maximum atomic E-state index is 11.2. The van der Waals surface area contributed by atoms with E-state index in [0.717, 1.165) is 12.0 Å². The van der Waals surface area contributed by atoms with Crippen LogP contribution in [0.25, 0.3) is 0 Å². The van der Waals surface area contributed by atoms with Crippen LogP contribution in [0.4, 0.5) is 5.69 Å². The molecule has 1 aromatic carbocycles. The summed E-state index contributed by atoms with van der Waals surface area (Å²) in [6.45, 7) is 3.39. The van der Waals surface area contributed by atoms with Crippen LogP contribution in [0.5, 0.6) is 0 Å². The SMILES string of the molecule is C=CC(=O)N(C)c1ccc(C=O)cc1. The standard InChI is InChI=1S/C11H11NO2/c1-3-11(14)12(2)10-6-4-9(8-13)5-7-10/h3-8H,1H2,2H3. The van der Waals surface area contributed by atoms with Gasteiger partial charge in [-0.25, -0.2) is 0 Å². The molecule has 0 aliphatic rings. The van der Waals surface area contributed by atoms with Gasteiger partial charge in [0.1, 0.15) is 6.29 Å². The molecule has 0 aromatic heterocycles. The van der Waals surface area contributed by atoms with E-state index in [9.17, 15) is 9.59 Å². The third-order valence-corrected chi connectivity index (χ3v) is 1.92. The fourth-order valence-corrected chi connectivity index (χ4v) is 1.04. The molecule has 0 bridgehead atoms. The monoisotopic (exact) mass is 189 g/mol. The number of carbonyl (C=O) groups is 2. The highest BCUT2D eigenvalue weighted by atomic mass is 16.2. The summed E-state index contributed by atoms with van der Waals surface area (Å²) in [5.41, 5.74) is 1.33. The van der Waals surface area contributed by atoms with Gasteiger partial charge >= 0.3 is 0 Å². The summed E-state index contributed by atoms with van der Waals surface area (Å²) in [4.78, 5) is 23.0. The number of hydrogen-bond acceptors (Lipinski definition) is 2. The van der Waals surface area contributed by atoms with Crippen molar-refractivity contribution < 1.29 is 9.59 Å². The summed E-state index contributed by atoms with van der Waals surface area (Å²) in [6.07, 6.45) is 2.01. The molecule has 14 heavy (non-hydrogen) atoms. The average Bonchev–Trinajstić information content (AvgIpc) is 2.27. The fraction of sp³-hybridized carbons (Fsp3) is 0.0909. The van der Waals surface area contributed by atoms with Crippen LogP contribution in [-0.2, 0) is 4.79 Å². The van der Waals surface area contributed by atoms with E-state index >= 15 is 0 Å². The van der Waals surface area contributed by atoms with Crippen molar-refractivity contribution in [1.82, 2.24) is 0 Å². The Morgan fingerprint density at radius 2 is 1.93 bits per heavy atom. The zero-order valence-electron chi connectivity index (χ0n) is 7.93. The first-order chi connectivity index (χ1) is 6.69. The summed E-state index contributed by atoms with van der Waals surface area (Å²) in [5.74, 6) is -0.177. The topological polar surface area (TPSA) is 37.4 Å². The van der Waals surface area contributed by atoms with Crippen molar-refractivity contribution in [2.45, 2.75) is 0 Å². The molecule has 3 nitrogen and oxygen atoms in total. The molecule has 1 rings (SSSR count). The van der Waals surface area contributed by atoms with Crippen LogP contribution in [0, 0.1) is 0 Å². The number of nitrogens with zero attached hydrogens (tertiary/aromatic N) is 1. The maximum Gasteiger partial charge on any atom is 0.250 e. The molecule has 0 heterocycles. The van der Waals surface area contributed by atoms with Crippen LogP contribution < -0.4 is 4.90 Å². The minimum Gasteiger partial charge on any atom is -0.312 e. The Kier molecular flexibility index (Phi) is 3.18. The number of rotatable bonds is 3. The van der Waals surface area contributed by atoms with Crippen molar-refractivity contribution in [2.75, 3.05) is 11.9 Å². The lowest BCUT2D eigenvalue weighted by atomic mass is 10.2. The number of hydrogen-bond donors (Lipinski definition) is 0. The van der Waals surface area contributed by atoms with E-state index in [-0.39, 0.29) is 5.91 Å². The minimum atomic E-state index is -0.177. The molecule has 72 valence electrons. The van der Waals surface area contributed by atoms with Crippen LogP contribution in [0.2, 0.25) is 0 Å². The Bertz CT molecular complexity index is 354. The van der Waals surface area contributed by atoms with Gasteiger partial charge < -0.3 is 4.90 Å². The molecule has 1 aromatic rings. The van der Waals surface area contributed by atoms with Crippen LogP contribution in [0.15, 0.2) is 36.9 Å². The summed E-state index contributed by atoms with van der Waals surface area (Å²) in [5, 5.41) is 0. The number of carbonyl (C=O) groups excluding carboxylic acids is 2. The molecule has 1 amide bonds. The summed E-state index contributed by atoms with van der Waals surface area (Å²) < 4.78 is 0. The largest absolute Gasteiger partial charge is 0.312 e. The smallest absolute Gasteiger partial charge is 0.250 e. The number of amides is 1. The number of benzene rings is 1. The van der Waals surface area contributed by atoms with Crippen LogP contribution in [0.1, 0.15) is 10.4 Å². The Balaban J connectivity index is 2.91. The minimum absolute atomic E-state index is 0.177. The Labute approximate surface area is 82.6 Å². The molecular formula is C11H11NO2. The van der Waals surface area contributed by atoms with Gasteiger partial charge in [0.15, 0.2) is 0 Å². The number of anilines is 1. The number of likely N-dealkylation sites (N-methyl/N-ethyl adjacent to an activating group) is 1. The number of aldehydes is 1. The van der Waals surface area contributed by atoms with Gasteiger partial charge in [-0.3, -0.25) is 9.59 Å². The zero-order chi connectivity index (χ0) is 10.6. The molecule has 0 unspecified atom stereocenters. The molecule has 0 aliphatic heterocycles. The lowest BCUT2D eigenvalue weighted by Crippen LogP contribution is -2.23. The Hall–Kier alpha value is -1.90. The van der Waals surface area contributed by atoms with Gasteiger partial charge in [-0.15, -0.1) is 0 Å². The molecule has 0 fully saturated rings. The molecular weight excluding hydrogens is 178 g/mol. The highest BCUT2D eigenvalue weighted by molar-refractivity contribution is 6.00. The molecule has 0 aliphatic carbocycles. The van der Waals surface area contributed by atoms with Gasteiger partial charge in [0.05, 0.1) is 0 Å². The van der Waals surface area contributed by atoms with Crippen LogP contribution in [0.3, 0.4) is 0 Å². The van der Waals surface area contributed by atoms with Gasteiger partial charge in [0.25, 0.3) is 0 Å². The predicted molar refractivity (Wildman–Crippen MR) is 55.4 cm³/mol. The normalized spacial score (nSPS) is 9.21. The first-order valence-electron chi connectivity index (χ1n) is 4.14. The molecule has 0 saturated heterocycles. The second-order valence-electron chi connectivity index (χ2n) is 2.81. The molecule has 0 saturated carbocycles. The molecule has 0 spiro atoms. The average molecular weight is 189 g/mol. The summed E-state index contributed by atoms with van der Waals surface area (Å²) >= 11 is 0. The van der Waals surface area contributed by atoms with E-state index in [1.807, 2.05) is 0 Å². The highest BCUT2D eigenvalue weighted by Crippen LogP contribution is 2.13. The Morgan fingerprint density at radius 3 is 2.36 bits per heavy atom. The predicted octanol–water partition coefficient (Wildman–Crippen LogP) is 1.65. The van der Waals surface area contributed by atoms with Crippen molar-refractivity contribution in [3.8, 4) is 0 Å². The molecule has 3 heteroatoms. The summed E-state index contributed by atoms with van der Waals surface area (Å²) in [7, 11) is 1.65. The van der Waals surface area contributed by atoms with E-state index < -0.39 is 0 Å². The zero-order valence-corrected chi connectivity index (χ0v) is 7.93. The van der Waals surface area contributed by atoms with Gasteiger partial charge in [-0.05, 0) is 30.3 Å². The fourth-order valence-electron chi connectivity index (χ4n) is 1.04. The van der Waals surface area contributed by atoms with Crippen molar-refractivity contribution in [3.63, 3.8) is 0 Å².